The minimum atomic E-state index is 0.500. The monoisotopic (exact) mass is 165 g/mol. The summed E-state index contributed by atoms with van der Waals surface area (Å²) in [6, 6.07) is 5.58. The largest absolute Gasteiger partial charge is 0.379 e. The van der Waals surface area contributed by atoms with Gasteiger partial charge in [0.2, 0.25) is 0 Å². The molecule has 0 amide bonds. The number of nitrogens with one attached hydrogen (secondary N) is 1. The Morgan fingerprint density at radius 3 is 3.25 bits per heavy atom. The molecule has 0 fully saturated rings. The molecule has 4 nitrogen and oxygen atoms in total. The number of aromatic nitrogens is 1. The zero-order valence-electron chi connectivity index (χ0n) is 6.90. The van der Waals surface area contributed by atoms with Gasteiger partial charge < -0.3 is 4.74 Å². The summed E-state index contributed by atoms with van der Waals surface area (Å²) in [5, 5.41) is 3.87. The molecule has 0 spiro atoms. The van der Waals surface area contributed by atoms with Crippen LogP contribution in [0.5, 0.6) is 0 Å². The van der Waals surface area contributed by atoms with Crippen LogP contribution in [0.4, 0.5) is 5.82 Å². The zero-order chi connectivity index (χ0) is 8.65. The Labute approximate surface area is 71.3 Å². The minimum absolute atomic E-state index is 0.500. The SMILES string of the molecule is COC/C=N/Nc1ccccn1. The van der Waals surface area contributed by atoms with Crippen LogP contribution in [0.15, 0.2) is 29.5 Å². The third-order valence-corrected chi connectivity index (χ3v) is 1.18. The summed E-state index contributed by atoms with van der Waals surface area (Å²) in [7, 11) is 1.62. The van der Waals surface area contributed by atoms with Gasteiger partial charge in [0, 0.05) is 13.3 Å². The number of pyridine rings is 1. The van der Waals surface area contributed by atoms with Gasteiger partial charge in [0.15, 0.2) is 0 Å². The number of hydrogen-bond acceptors (Lipinski definition) is 4. The average molecular weight is 165 g/mol. The van der Waals surface area contributed by atoms with Crippen LogP contribution in [0.1, 0.15) is 0 Å². The lowest BCUT2D eigenvalue weighted by molar-refractivity contribution is 0.248. The number of methoxy groups -OCH3 is 1. The second-order valence-electron chi connectivity index (χ2n) is 2.09. The van der Waals surface area contributed by atoms with Gasteiger partial charge in [-0.2, -0.15) is 5.10 Å². The van der Waals surface area contributed by atoms with E-state index in [4.69, 9.17) is 4.74 Å². The molecule has 1 aromatic rings. The highest BCUT2D eigenvalue weighted by Crippen LogP contribution is 1.97. The van der Waals surface area contributed by atoms with E-state index in [9.17, 15) is 0 Å². The fourth-order valence-corrected chi connectivity index (χ4v) is 0.652. The van der Waals surface area contributed by atoms with Crippen molar-refractivity contribution in [3.63, 3.8) is 0 Å². The summed E-state index contributed by atoms with van der Waals surface area (Å²) >= 11 is 0. The van der Waals surface area contributed by atoms with E-state index in [-0.39, 0.29) is 0 Å². The van der Waals surface area contributed by atoms with Crippen LogP contribution in [0.25, 0.3) is 0 Å². The molecule has 0 aliphatic rings. The fraction of sp³-hybridized carbons (Fsp3) is 0.250. The summed E-state index contributed by atoms with van der Waals surface area (Å²) in [6.07, 6.45) is 3.34. The van der Waals surface area contributed by atoms with Gasteiger partial charge in [-0.3, -0.25) is 5.43 Å². The molecule has 12 heavy (non-hydrogen) atoms. The molecule has 0 aromatic carbocycles. The van der Waals surface area contributed by atoms with Crippen LogP contribution in [0.2, 0.25) is 0 Å². The number of nitrogens with zero attached hydrogens (tertiary/aromatic N) is 2. The van der Waals surface area contributed by atoms with E-state index in [2.05, 4.69) is 15.5 Å². The summed E-state index contributed by atoms with van der Waals surface area (Å²) in [5.41, 5.74) is 2.76. The number of hydrazone groups is 1. The van der Waals surface area contributed by atoms with E-state index < -0.39 is 0 Å². The molecule has 0 unspecified atom stereocenters. The van der Waals surface area contributed by atoms with Gasteiger partial charge >= 0.3 is 0 Å². The van der Waals surface area contributed by atoms with Gasteiger partial charge in [-0.15, -0.1) is 0 Å². The first kappa shape index (κ1) is 8.67. The highest BCUT2D eigenvalue weighted by Gasteiger charge is 1.84. The standard InChI is InChI=1S/C8H11N3O/c1-12-7-6-10-11-8-4-2-3-5-9-8/h2-6H,7H2,1H3,(H,9,11)/b10-6+. The van der Waals surface area contributed by atoms with Gasteiger partial charge in [-0.1, -0.05) is 6.07 Å². The molecule has 0 saturated carbocycles. The second kappa shape index (κ2) is 5.26. The Balaban J connectivity index is 2.33. The molecule has 1 rings (SSSR count). The van der Waals surface area contributed by atoms with Crippen LogP contribution in [0, 0.1) is 0 Å². The smallest absolute Gasteiger partial charge is 0.146 e. The van der Waals surface area contributed by atoms with Crippen LogP contribution < -0.4 is 5.43 Å². The van der Waals surface area contributed by atoms with E-state index in [1.807, 2.05) is 18.2 Å². The fourth-order valence-electron chi connectivity index (χ4n) is 0.652. The molecule has 64 valence electrons. The highest BCUT2D eigenvalue weighted by atomic mass is 16.5. The van der Waals surface area contributed by atoms with E-state index in [1.165, 1.54) is 0 Å². The van der Waals surface area contributed by atoms with Crippen molar-refractivity contribution in [2.75, 3.05) is 19.1 Å². The predicted molar refractivity (Wildman–Crippen MR) is 48.2 cm³/mol. The lowest BCUT2D eigenvalue weighted by atomic mass is 10.5. The van der Waals surface area contributed by atoms with Gasteiger partial charge in [0.25, 0.3) is 0 Å². The summed E-state index contributed by atoms with van der Waals surface area (Å²) in [6.45, 7) is 0.500. The molecule has 0 aliphatic heterocycles. The molecular weight excluding hydrogens is 154 g/mol. The number of hydrogen-bond donors (Lipinski definition) is 1. The molecule has 0 aliphatic carbocycles. The quantitative estimate of drug-likeness (QED) is 0.537. The summed E-state index contributed by atoms with van der Waals surface area (Å²) < 4.78 is 4.77. The van der Waals surface area contributed by atoms with Crippen molar-refractivity contribution in [3.8, 4) is 0 Å². The van der Waals surface area contributed by atoms with Crippen molar-refractivity contribution in [1.82, 2.24) is 4.98 Å². The van der Waals surface area contributed by atoms with Gasteiger partial charge in [0.1, 0.15) is 5.82 Å². The minimum Gasteiger partial charge on any atom is -0.379 e. The van der Waals surface area contributed by atoms with E-state index in [0.717, 1.165) is 5.82 Å². The first-order chi connectivity index (χ1) is 5.93. The maximum Gasteiger partial charge on any atom is 0.146 e. The third kappa shape index (κ3) is 3.12. The normalized spacial score (nSPS) is 10.4. The van der Waals surface area contributed by atoms with Crippen molar-refractivity contribution < 1.29 is 4.74 Å². The molecule has 1 heterocycles. The number of anilines is 1. The van der Waals surface area contributed by atoms with Gasteiger partial charge in [-0.05, 0) is 12.1 Å². The van der Waals surface area contributed by atoms with Crippen molar-refractivity contribution in [1.29, 1.82) is 0 Å². The molecule has 4 heteroatoms. The molecular formula is C8H11N3O. The first-order valence-corrected chi connectivity index (χ1v) is 3.61. The van der Waals surface area contributed by atoms with Crippen molar-refractivity contribution in [3.05, 3.63) is 24.4 Å². The zero-order valence-corrected chi connectivity index (χ0v) is 6.90. The van der Waals surface area contributed by atoms with Crippen molar-refractivity contribution in [2.24, 2.45) is 5.10 Å². The number of rotatable bonds is 4. The molecule has 0 radical (unpaired) electrons. The Morgan fingerprint density at radius 2 is 2.58 bits per heavy atom. The van der Waals surface area contributed by atoms with Crippen LogP contribution in [0.3, 0.4) is 0 Å². The Kier molecular flexibility index (Phi) is 3.80. The lowest BCUT2D eigenvalue weighted by Crippen LogP contribution is -1.95. The van der Waals surface area contributed by atoms with Crippen molar-refractivity contribution >= 4 is 12.0 Å². The van der Waals surface area contributed by atoms with Gasteiger partial charge in [0.05, 0.1) is 12.8 Å². The van der Waals surface area contributed by atoms with Crippen molar-refractivity contribution in [2.45, 2.75) is 0 Å². The molecule has 1 N–H and O–H groups in total. The molecule has 0 atom stereocenters. The van der Waals surface area contributed by atoms with E-state index >= 15 is 0 Å². The topological polar surface area (TPSA) is 46.5 Å². The van der Waals surface area contributed by atoms with E-state index in [0.29, 0.717) is 6.61 Å². The average Bonchev–Trinajstić information content (AvgIpc) is 2.14. The molecule has 0 saturated heterocycles. The maximum absolute atomic E-state index is 4.77. The first-order valence-electron chi connectivity index (χ1n) is 3.61. The van der Waals surface area contributed by atoms with Gasteiger partial charge in [-0.25, -0.2) is 4.98 Å². The highest BCUT2D eigenvalue weighted by molar-refractivity contribution is 5.59. The summed E-state index contributed by atoms with van der Waals surface area (Å²) in [4.78, 5) is 4.01. The molecule has 1 aromatic heterocycles. The van der Waals surface area contributed by atoms with E-state index in [1.54, 1.807) is 19.5 Å². The van der Waals surface area contributed by atoms with Crippen LogP contribution >= 0.6 is 0 Å². The molecule has 0 bridgehead atoms. The Hall–Kier alpha value is -1.42. The third-order valence-electron chi connectivity index (χ3n) is 1.18. The second-order valence-corrected chi connectivity index (χ2v) is 2.09. The Morgan fingerprint density at radius 1 is 1.67 bits per heavy atom. The Bertz CT molecular complexity index is 235. The maximum atomic E-state index is 4.77. The number of ether oxygens (including phenoxy) is 1. The predicted octanol–water partition coefficient (Wildman–Crippen LogP) is 1.13. The lowest BCUT2D eigenvalue weighted by Gasteiger charge is -1.96. The van der Waals surface area contributed by atoms with Crippen LogP contribution in [-0.2, 0) is 4.74 Å². The summed E-state index contributed by atoms with van der Waals surface area (Å²) in [5.74, 6) is 0.727. The van der Waals surface area contributed by atoms with Crippen LogP contribution in [-0.4, -0.2) is 24.9 Å².